The van der Waals surface area contributed by atoms with Crippen molar-refractivity contribution in [3.05, 3.63) is 94.5 Å². The van der Waals surface area contributed by atoms with Gasteiger partial charge in [-0.05, 0) is 41.5 Å². The first-order valence-corrected chi connectivity index (χ1v) is 11.5. The molecule has 0 saturated heterocycles. The third-order valence-corrected chi connectivity index (χ3v) is 6.95. The Labute approximate surface area is 195 Å². The summed E-state index contributed by atoms with van der Waals surface area (Å²) in [4.78, 5) is 13.1. The van der Waals surface area contributed by atoms with Gasteiger partial charge in [-0.3, -0.25) is 4.79 Å². The van der Waals surface area contributed by atoms with Crippen LogP contribution in [-0.4, -0.2) is 39.3 Å². The molecule has 0 bridgehead atoms. The third kappa shape index (κ3) is 5.87. The molecule has 0 radical (unpaired) electrons. The zero-order valence-corrected chi connectivity index (χ0v) is 19.3. The number of rotatable bonds is 8. The molecule has 1 unspecified atom stereocenters. The van der Waals surface area contributed by atoms with Crippen molar-refractivity contribution in [1.82, 2.24) is 9.62 Å². The van der Waals surface area contributed by atoms with E-state index in [0.29, 0.717) is 5.56 Å². The molecule has 174 valence electrons. The fourth-order valence-electron chi connectivity index (χ4n) is 3.10. The highest BCUT2D eigenvalue weighted by atomic mass is 35.5. The number of benzene rings is 3. The van der Waals surface area contributed by atoms with E-state index in [4.69, 9.17) is 11.6 Å². The summed E-state index contributed by atoms with van der Waals surface area (Å²) in [5.74, 6) is -0.617. The summed E-state index contributed by atoms with van der Waals surface area (Å²) in [6.45, 7) is -2.95. The average molecular weight is 495 g/mol. The lowest BCUT2D eigenvalue weighted by Gasteiger charge is -2.21. The maximum absolute atomic E-state index is 13.2. The molecule has 10 heteroatoms. The molecular formula is C23H21ClF2N2O4S. The van der Waals surface area contributed by atoms with Gasteiger partial charge >= 0.3 is 6.61 Å². The number of nitrogens with one attached hydrogen (secondary N) is 1. The summed E-state index contributed by atoms with van der Waals surface area (Å²) in [6.07, 6.45) is 0. The zero-order chi connectivity index (χ0) is 24.2. The van der Waals surface area contributed by atoms with E-state index >= 15 is 0 Å². The second-order valence-electron chi connectivity index (χ2n) is 7.19. The van der Waals surface area contributed by atoms with Crippen molar-refractivity contribution in [2.75, 3.05) is 14.1 Å². The number of amides is 1. The number of carbonyl (C=O) groups is 1. The molecule has 0 aliphatic rings. The maximum atomic E-state index is 13.2. The molecule has 0 aromatic heterocycles. The number of hydrogen-bond acceptors (Lipinski definition) is 4. The fraction of sp³-hybridized carbons (Fsp3) is 0.174. The van der Waals surface area contributed by atoms with Gasteiger partial charge in [0.2, 0.25) is 10.0 Å². The minimum atomic E-state index is -3.78. The Morgan fingerprint density at radius 2 is 1.58 bits per heavy atom. The van der Waals surface area contributed by atoms with Crippen LogP contribution in [0.25, 0.3) is 0 Å². The molecule has 3 aromatic carbocycles. The molecule has 33 heavy (non-hydrogen) atoms. The van der Waals surface area contributed by atoms with E-state index in [9.17, 15) is 22.0 Å². The zero-order valence-electron chi connectivity index (χ0n) is 17.7. The summed E-state index contributed by atoms with van der Waals surface area (Å²) in [7, 11) is -1.01. The Morgan fingerprint density at radius 3 is 2.15 bits per heavy atom. The number of halogens is 3. The molecule has 3 rings (SSSR count). The lowest BCUT2D eigenvalue weighted by molar-refractivity contribution is -0.0498. The quantitative estimate of drug-likeness (QED) is 0.492. The molecule has 1 N–H and O–H groups in total. The number of hydrogen-bond donors (Lipinski definition) is 1. The predicted octanol–water partition coefficient (Wildman–Crippen LogP) is 4.71. The van der Waals surface area contributed by atoms with Crippen molar-refractivity contribution in [2.24, 2.45) is 0 Å². The van der Waals surface area contributed by atoms with Gasteiger partial charge in [0.05, 0.1) is 21.5 Å². The molecule has 0 heterocycles. The monoisotopic (exact) mass is 494 g/mol. The molecule has 0 fully saturated rings. The molecule has 1 amide bonds. The van der Waals surface area contributed by atoms with Crippen LogP contribution in [0, 0.1) is 0 Å². The summed E-state index contributed by atoms with van der Waals surface area (Å²) < 4.78 is 55.3. The van der Waals surface area contributed by atoms with E-state index in [-0.39, 0.29) is 21.2 Å². The van der Waals surface area contributed by atoms with Crippen LogP contribution in [0.5, 0.6) is 5.75 Å². The highest BCUT2D eigenvalue weighted by Crippen LogP contribution is 2.27. The summed E-state index contributed by atoms with van der Waals surface area (Å²) in [5, 5.41) is 2.94. The van der Waals surface area contributed by atoms with Gasteiger partial charge in [0, 0.05) is 14.1 Å². The van der Waals surface area contributed by atoms with Crippen LogP contribution in [-0.2, 0) is 10.0 Å². The number of nitrogens with zero attached hydrogens (tertiary/aromatic N) is 1. The third-order valence-electron chi connectivity index (χ3n) is 4.81. The standard InChI is InChI=1S/C23H21ClF2N2O4S/c1-28(2)33(30,31)18-12-13-20(24)19(14-18)22(29)27-21(15-6-4-3-5-7-15)16-8-10-17(11-9-16)32-23(25)26/h3-14,21,23H,1-2H3,(H,27,29). The van der Waals surface area contributed by atoms with Crippen LogP contribution in [0.15, 0.2) is 77.7 Å². The fourth-order valence-corrected chi connectivity index (χ4v) is 4.24. The predicted molar refractivity (Wildman–Crippen MR) is 121 cm³/mol. The molecule has 6 nitrogen and oxygen atoms in total. The van der Waals surface area contributed by atoms with Gasteiger partial charge in [-0.15, -0.1) is 0 Å². The van der Waals surface area contributed by atoms with Crippen LogP contribution in [0.2, 0.25) is 5.02 Å². The van der Waals surface area contributed by atoms with Gasteiger partial charge < -0.3 is 10.1 Å². The summed E-state index contributed by atoms with van der Waals surface area (Å²) in [6, 6.07) is 18.1. The Balaban J connectivity index is 1.97. The smallest absolute Gasteiger partial charge is 0.387 e. The first kappa shape index (κ1) is 24.6. The van der Waals surface area contributed by atoms with Gasteiger partial charge in [-0.25, -0.2) is 12.7 Å². The Hall–Kier alpha value is -3.01. The maximum Gasteiger partial charge on any atom is 0.387 e. The minimum Gasteiger partial charge on any atom is -0.435 e. The molecule has 0 spiro atoms. The van der Waals surface area contributed by atoms with Crippen LogP contribution in [0.1, 0.15) is 27.5 Å². The number of sulfonamides is 1. The highest BCUT2D eigenvalue weighted by Gasteiger charge is 2.23. The summed E-state index contributed by atoms with van der Waals surface area (Å²) in [5.41, 5.74) is 1.31. The number of alkyl halides is 2. The molecule has 1 atom stereocenters. The van der Waals surface area contributed by atoms with Gasteiger partial charge in [0.1, 0.15) is 5.75 Å². The van der Waals surface area contributed by atoms with Crippen molar-refractivity contribution in [1.29, 1.82) is 0 Å². The molecule has 0 aliphatic carbocycles. The number of ether oxygens (including phenoxy) is 1. The van der Waals surface area contributed by atoms with E-state index in [1.807, 2.05) is 6.07 Å². The van der Waals surface area contributed by atoms with Crippen molar-refractivity contribution in [3.63, 3.8) is 0 Å². The number of carbonyl (C=O) groups excluding carboxylic acids is 1. The minimum absolute atomic E-state index is 0.0156. The average Bonchev–Trinajstić information content (AvgIpc) is 2.78. The second kappa shape index (κ2) is 10.3. The first-order chi connectivity index (χ1) is 15.6. The van der Waals surface area contributed by atoms with Crippen LogP contribution in [0.3, 0.4) is 0 Å². The lowest BCUT2D eigenvalue weighted by atomic mass is 9.98. The highest BCUT2D eigenvalue weighted by molar-refractivity contribution is 7.89. The van der Waals surface area contributed by atoms with Crippen molar-refractivity contribution >= 4 is 27.5 Å². The van der Waals surface area contributed by atoms with E-state index < -0.39 is 28.6 Å². The van der Waals surface area contributed by atoms with Crippen LogP contribution in [0.4, 0.5) is 8.78 Å². The van der Waals surface area contributed by atoms with Crippen LogP contribution >= 0.6 is 11.6 Å². The van der Waals surface area contributed by atoms with E-state index in [1.165, 1.54) is 44.4 Å². The molecular weight excluding hydrogens is 474 g/mol. The lowest BCUT2D eigenvalue weighted by Crippen LogP contribution is -2.30. The Morgan fingerprint density at radius 1 is 0.970 bits per heavy atom. The van der Waals surface area contributed by atoms with E-state index in [2.05, 4.69) is 10.1 Å². The van der Waals surface area contributed by atoms with Gasteiger partial charge in [-0.2, -0.15) is 8.78 Å². The largest absolute Gasteiger partial charge is 0.435 e. The van der Waals surface area contributed by atoms with Crippen molar-refractivity contribution in [2.45, 2.75) is 17.5 Å². The van der Waals surface area contributed by atoms with Gasteiger partial charge in [-0.1, -0.05) is 54.1 Å². The van der Waals surface area contributed by atoms with Gasteiger partial charge in [0.15, 0.2) is 0 Å². The van der Waals surface area contributed by atoms with E-state index in [0.717, 1.165) is 9.87 Å². The SMILES string of the molecule is CN(C)S(=O)(=O)c1ccc(Cl)c(C(=O)NC(c2ccccc2)c2ccc(OC(F)F)cc2)c1. The van der Waals surface area contributed by atoms with Crippen LogP contribution < -0.4 is 10.1 Å². The molecule has 0 saturated carbocycles. The Bertz CT molecular complexity index is 1220. The van der Waals surface area contributed by atoms with E-state index in [1.54, 1.807) is 36.4 Å². The molecule has 3 aromatic rings. The topological polar surface area (TPSA) is 75.7 Å². The van der Waals surface area contributed by atoms with Crippen molar-refractivity contribution < 1.29 is 26.7 Å². The normalized spacial score (nSPS) is 12.6. The van der Waals surface area contributed by atoms with Gasteiger partial charge in [0.25, 0.3) is 5.91 Å². The summed E-state index contributed by atoms with van der Waals surface area (Å²) >= 11 is 6.21. The molecule has 0 aliphatic heterocycles. The Kier molecular flexibility index (Phi) is 7.68. The first-order valence-electron chi connectivity index (χ1n) is 9.72. The van der Waals surface area contributed by atoms with Crippen molar-refractivity contribution in [3.8, 4) is 5.75 Å². The second-order valence-corrected chi connectivity index (χ2v) is 9.75.